The summed E-state index contributed by atoms with van der Waals surface area (Å²) in [5.74, 6) is 1.93. The first-order valence-electron chi connectivity index (χ1n) is 13.7. The number of hydrogen-bond donors (Lipinski definition) is 0. The fourth-order valence-corrected chi connectivity index (χ4v) is 4.47. The van der Waals surface area contributed by atoms with Crippen LogP contribution in [0.2, 0.25) is 0 Å². The number of hydrogen-bond acceptors (Lipinski definition) is 1. The highest BCUT2D eigenvalue weighted by molar-refractivity contribution is 5.37. The molecule has 0 amide bonds. The van der Waals surface area contributed by atoms with Gasteiger partial charge in [-0.3, -0.25) is 0 Å². The first-order valence-corrected chi connectivity index (χ1v) is 13.7. The van der Waals surface area contributed by atoms with Gasteiger partial charge >= 0.3 is 0 Å². The molecule has 1 nitrogen and oxygen atoms in total. The minimum atomic E-state index is 0.919. The van der Waals surface area contributed by atoms with Crippen molar-refractivity contribution < 1.29 is 4.74 Å². The van der Waals surface area contributed by atoms with Crippen molar-refractivity contribution in [2.24, 2.45) is 0 Å². The van der Waals surface area contributed by atoms with Gasteiger partial charge in [0, 0.05) is 0 Å². The van der Waals surface area contributed by atoms with Gasteiger partial charge in [0.15, 0.2) is 0 Å². The van der Waals surface area contributed by atoms with Crippen molar-refractivity contribution in [2.75, 3.05) is 0 Å². The molecule has 0 bridgehead atoms. The van der Waals surface area contributed by atoms with Gasteiger partial charge in [0.1, 0.15) is 11.5 Å². The second-order valence-corrected chi connectivity index (χ2v) is 9.43. The van der Waals surface area contributed by atoms with Gasteiger partial charge in [0.25, 0.3) is 0 Å². The maximum atomic E-state index is 6.09. The summed E-state index contributed by atoms with van der Waals surface area (Å²) in [6.07, 6.45) is 25.2. The molecule has 2 rings (SSSR count). The number of aryl methyl sites for hydroxylation is 1. The molecular weight excluding hydrogens is 388 g/mol. The van der Waals surface area contributed by atoms with Crippen molar-refractivity contribution in [3.8, 4) is 11.5 Å². The van der Waals surface area contributed by atoms with Gasteiger partial charge in [-0.05, 0) is 36.6 Å². The van der Waals surface area contributed by atoms with Gasteiger partial charge in [-0.2, -0.15) is 0 Å². The van der Waals surface area contributed by atoms with Crippen LogP contribution >= 0.6 is 0 Å². The second-order valence-electron chi connectivity index (χ2n) is 9.43. The molecule has 0 spiro atoms. The SMILES string of the molecule is CCCCCCCCCCCCCCCCCCCc1ccccc1Oc1ccccc1. The van der Waals surface area contributed by atoms with Crippen LogP contribution in [0.5, 0.6) is 11.5 Å². The van der Waals surface area contributed by atoms with Crippen molar-refractivity contribution in [3.05, 3.63) is 60.2 Å². The minimum absolute atomic E-state index is 0.919. The van der Waals surface area contributed by atoms with E-state index in [1.54, 1.807) is 0 Å². The summed E-state index contributed by atoms with van der Waals surface area (Å²) in [5.41, 5.74) is 1.33. The summed E-state index contributed by atoms with van der Waals surface area (Å²) in [5, 5.41) is 0. The van der Waals surface area contributed by atoms with Crippen LogP contribution in [0.1, 0.15) is 122 Å². The summed E-state index contributed by atoms with van der Waals surface area (Å²) in [6, 6.07) is 18.6. The van der Waals surface area contributed by atoms with E-state index in [0.29, 0.717) is 0 Å². The molecule has 0 fully saturated rings. The lowest BCUT2D eigenvalue weighted by atomic mass is 10.0. The van der Waals surface area contributed by atoms with Gasteiger partial charge in [-0.15, -0.1) is 0 Å². The molecule has 0 radical (unpaired) electrons. The van der Waals surface area contributed by atoms with Crippen LogP contribution < -0.4 is 4.74 Å². The Morgan fingerprint density at radius 3 is 1.44 bits per heavy atom. The van der Waals surface area contributed by atoms with E-state index in [1.807, 2.05) is 30.3 Å². The molecule has 0 aliphatic heterocycles. The lowest BCUT2D eigenvalue weighted by Gasteiger charge is -2.11. The number of para-hydroxylation sites is 2. The van der Waals surface area contributed by atoms with Crippen molar-refractivity contribution in [2.45, 2.75) is 122 Å². The fourth-order valence-electron chi connectivity index (χ4n) is 4.47. The zero-order chi connectivity index (χ0) is 22.5. The maximum Gasteiger partial charge on any atom is 0.130 e. The third-order valence-electron chi connectivity index (χ3n) is 6.49. The highest BCUT2D eigenvalue weighted by atomic mass is 16.5. The number of benzene rings is 2. The molecule has 0 aromatic heterocycles. The predicted molar refractivity (Wildman–Crippen MR) is 141 cm³/mol. The molecule has 0 N–H and O–H groups in total. The molecular formula is C31H48O. The molecule has 2 aromatic carbocycles. The van der Waals surface area contributed by atoms with Gasteiger partial charge in [-0.25, -0.2) is 0 Å². The zero-order valence-electron chi connectivity index (χ0n) is 20.8. The second kappa shape index (κ2) is 18.8. The van der Waals surface area contributed by atoms with E-state index in [0.717, 1.165) is 17.9 Å². The third-order valence-corrected chi connectivity index (χ3v) is 6.49. The van der Waals surface area contributed by atoms with Gasteiger partial charge in [0.2, 0.25) is 0 Å². The topological polar surface area (TPSA) is 9.23 Å². The average molecular weight is 437 g/mol. The molecule has 0 heterocycles. The smallest absolute Gasteiger partial charge is 0.130 e. The largest absolute Gasteiger partial charge is 0.457 e. The first kappa shape index (κ1) is 26.5. The van der Waals surface area contributed by atoms with Crippen molar-refractivity contribution in [1.29, 1.82) is 0 Å². The Labute approximate surface area is 199 Å². The molecule has 0 aliphatic rings. The van der Waals surface area contributed by atoms with E-state index < -0.39 is 0 Å². The Morgan fingerprint density at radius 1 is 0.469 bits per heavy atom. The Bertz CT molecular complexity index is 663. The molecule has 2 aromatic rings. The number of ether oxygens (including phenoxy) is 1. The molecule has 0 atom stereocenters. The van der Waals surface area contributed by atoms with Gasteiger partial charge in [-0.1, -0.05) is 146 Å². The monoisotopic (exact) mass is 436 g/mol. The average Bonchev–Trinajstić information content (AvgIpc) is 2.83. The summed E-state index contributed by atoms with van der Waals surface area (Å²) >= 11 is 0. The van der Waals surface area contributed by atoms with Crippen molar-refractivity contribution in [1.82, 2.24) is 0 Å². The standard InChI is InChI=1S/C31H48O/c1-2-3-4-5-6-7-8-9-10-11-12-13-14-15-16-17-19-24-29-25-22-23-28-31(29)32-30-26-20-18-21-27-30/h18,20-23,25-28H,2-17,19,24H2,1H3. The lowest BCUT2D eigenvalue weighted by molar-refractivity contribution is 0.474. The normalized spacial score (nSPS) is 11.0. The van der Waals surface area contributed by atoms with Crippen LogP contribution in [0.15, 0.2) is 54.6 Å². The van der Waals surface area contributed by atoms with E-state index >= 15 is 0 Å². The van der Waals surface area contributed by atoms with Crippen molar-refractivity contribution in [3.63, 3.8) is 0 Å². The lowest BCUT2D eigenvalue weighted by Crippen LogP contribution is -1.92. The zero-order valence-corrected chi connectivity index (χ0v) is 20.8. The third kappa shape index (κ3) is 12.9. The van der Waals surface area contributed by atoms with Crippen LogP contribution in [-0.4, -0.2) is 0 Å². The van der Waals surface area contributed by atoms with E-state index in [2.05, 4.69) is 31.2 Å². The van der Waals surface area contributed by atoms with Crippen LogP contribution in [0.3, 0.4) is 0 Å². The summed E-state index contributed by atoms with van der Waals surface area (Å²) in [6.45, 7) is 2.30. The Morgan fingerprint density at radius 2 is 0.906 bits per heavy atom. The maximum absolute atomic E-state index is 6.09. The van der Waals surface area contributed by atoms with Gasteiger partial charge in [0.05, 0.1) is 0 Å². The fraction of sp³-hybridized carbons (Fsp3) is 0.613. The Hall–Kier alpha value is -1.76. The van der Waals surface area contributed by atoms with E-state index in [-0.39, 0.29) is 0 Å². The molecule has 0 aliphatic carbocycles. The van der Waals surface area contributed by atoms with E-state index in [1.165, 1.54) is 115 Å². The Kier molecular flexibility index (Phi) is 15.5. The van der Waals surface area contributed by atoms with Crippen LogP contribution in [0.25, 0.3) is 0 Å². The van der Waals surface area contributed by atoms with Crippen molar-refractivity contribution >= 4 is 0 Å². The highest BCUT2D eigenvalue weighted by Gasteiger charge is 2.04. The number of unbranched alkanes of at least 4 members (excludes halogenated alkanes) is 16. The minimum Gasteiger partial charge on any atom is -0.457 e. The van der Waals surface area contributed by atoms with Crippen LogP contribution in [0.4, 0.5) is 0 Å². The first-order chi connectivity index (χ1) is 15.9. The molecule has 32 heavy (non-hydrogen) atoms. The molecule has 0 unspecified atom stereocenters. The quantitative estimate of drug-likeness (QED) is 0.187. The highest BCUT2D eigenvalue weighted by Crippen LogP contribution is 2.26. The van der Waals surface area contributed by atoms with E-state index in [9.17, 15) is 0 Å². The molecule has 0 saturated carbocycles. The summed E-state index contributed by atoms with van der Waals surface area (Å²) in [4.78, 5) is 0. The summed E-state index contributed by atoms with van der Waals surface area (Å²) in [7, 11) is 0. The Balaban J connectivity index is 1.40. The van der Waals surface area contributed by atoms with Crippen LogP contribution in [0, 0.1) is 0 Å². The molecule has 1 heteroatoms. The van der Waals surface area contributed by atoms with Crippen LogP contribution in [-0.2, 0) is 6.42 Å². The number of rotatable bonds is 20. The predicted octanol–water partition coefficient (Wildman–Crippen LogP) is 10.7. The summed E-state index contributed by atoms with van der Waals surface area (Å²) < 4.78 is 6.09. The van der Waals surface area contributed by atoms with E-state index in [4.69, 9.17) is 4.74 Å². The molecule has 0 saturated heterocycles. The molecule has 178 valence electrons. The van der Waals surface area contributed by atoms with Gasteiger partial charge < -0.3 is 4.74 Å².